The number of rotatable bonds is 7. The van der Waals surface area contributed by atoms with Crippen LogP contribution in [0.2, 0.25) is 5.02 Å². The van der Waals surface area contributed by atoms with Crippen LogP contribution in [0.5, 0.6) is 5.75 Å². The Labute approximate surface area is 123 Å². The van der Waals surface area contributed by atoms with Crippen molar-refractivity contribution >= 4 is 11.6 Å². The molecule has 0 amide bonds. The Balaban J connectivity index is 2.04. The average molecular weight is 296 g/mol. The lowest BCUT2D eigenvalue weighted by molar-refractivity contribution is 0.240. The lowest BCUT2D eigenvalue weighted by Gasteiger charge is -2.12. The minimum absolute atomic E-state index is 0.238. The first-order valence-corrected chi connectivity index (χ1v) is 6.98. The third-order valence-electron chi connectivity index (χ3n) is 2.73. The molecular formula is C14H18ClN3O2. The summed E-state index contributed by atoms with van der Waals surface area (Å²) in [5, 5.41) is 7.73. The van der Waals surface area contributed by atoms with E-state index in [0.717, 1.165) is 24.3 Å². The number of aryl methyl sites for hydroxylation is 1. The molecule has 0 radical (unpaired) electrons. The molecule has 0 saturated heterocycles. The zero-order valence-corrected chi connectivity index (χ0v) is 12.4. The van der Waals surface area contributed by atoms with Crippen molar-refractivity contribution < 1.29 is 9.26 Å². The van der Waals surface area contributed by atoms with Crippen LogP contribution in [-0.2, 0) is 13.2 Å². The Morgan fingerprint density at radius 2 is 2.25 bits per heavy atom. The first-order chi connectivity index (χ1) is 9.70. The second-order valence-corrected chi connectivity index (χ2v) is 4.82. The number of halogens is 1. The predicted molar refractivity (Wildman–Crippen MR) is 76.8 cm³/mol. The zero-order valence-electron chi connectivity index (χ0n) is 11.6. The Kier molecular flexibility index (Phi) is 5.38. The molecule has 0 aliphatic rings. The molecule has 1 aromatic carbocycles. The maximum atomic E-state index is 6.22. The number of nitrogens with one attached hydrogen (secondary N) is 1. The van der Waals surface area contributed by atoms with Gasteiger partial charge in [0.2, 0.25) is 0 Å². The fourth-order valence-corrected chi connectivity index (χ4v) is 2.01. The first-order valence-electron chi connectivity index (χ1n) is 6.60. The van der Waals surface area contributed by atoms with E-state index in [9.17, 15) is 0 Å². The quantitative estimate of drug-likeness (QED) is 0.795. The molecule has 1 N–H and O–H groups in total. The van der Waals surface area contributed by atoms with E-state index in [1.54, 1.807) is 6.92 Å². The van der Waals surface area contributed by atoms with Crippen LogP contribution in [0.15, 0.2) is 22.7 Å². The van der Waals surface area contributed by atoms with E-state index >= 15 is 0 Å². The SMILES string of the molecule is CCCNCc1c(Cl)cccc1OCc1nc(C)no1. The lowest BCUT2D eigenvalue weighted by Crippen LogP contribution is -2.15. The van der Waals surface area contributed by atoms with Gasteiger partial charge in [0.05, 0.1) is 0 Å². The van der Waals surface area contributed by atoms with E-state index in [0.29, 0.717) is 23.3 Å². The van der Waals surface area contributed by atoms with E-state index in [2.05, 4.69) is 22.4 Å². The molecule has 108 valence electrons. The van der Waals surface area contributed by atoms with Crippen molar-refractivity contribution in [2.45, 2.75) is 33.4 Å². The third-order valence-corrected chi connectivity index (χ3v) is 3.08. The molecule has 0 atom stereocenters. The van der Waals surface area contributed by atoms with Crippen molar-refractivity contribution in [3.8, 4) is 5.75 Å². The number of aromatic nitrogens is 2. The highest BCUT2D eigenvalue weighted by Crippen LogP contribution is 2.26. The minimum atomic E-state index is 0.238. The average Bonchev–Trinajstić information content (AvgIpc) is 2.85. The van der Waals surface area contributed by atoms with Gasteiger partial charge in [0, 0.05) is 17.1 Å². The zero-order chi connectivity index (χ0) is 14.4. The maximum Gasteiger partial charge on any atom is 0.264 e. The summed E-state index contributed by atoms with van der Waals surface area (Å²) >= 11 is 6.22. The summed E-state index contributed by atoms with van der Waals surface area (Å²) in [5.41, 5.74) is 0.943. The van der Waals surface area contributed by atoms with Crippen molar-refractivity contribution in [3.63, 3.8) is 0 Å². The van der Waals surface area contributed by atoms with Gasteiger partial charge in [-0.2, -0.15) is 4.98 Å². The number of benzene rings is 1. The molecule has 0 unspecified atom stereocenters. The van der Waals surface area contributed by atoms with Gasteiger partial charge in [0.15, 0.2) is 12.4 Å². The van der Waals surface area contributed by atoms with E-state index in [1.807, 2.05) is 18.2 Å². The molecule has 6 heteroatoms. The molecule has 0 spiro atoms. The Hall–Kier alpha value is -1.59. The molecule has 5 nitrogen and oxygen atoms in total. The van der Waals surface area contributed by atoms with Crippen molar-refractivity contribution in [2.75, 3.05) is 6.54 Å². The van der Waals surface area contributed by atoms with Crippen LogP contribution in [0, 0.1) is 6.92 Å². The van der Waals surface area contributed by atoms with Gasteiger partial charge in [-0.25, -0.2) is 0 Å². The monoisotopic (exact) mass is 295 g/mol. The van der Waals surface area contributed by atoms with Crippen molar-refractivity contribution in [1.82, 2.24) is 15.5 Å². The van der Waals surface area contributed by atoms with E-state index in [-0.39, 0.29) is 6.61 Å². The molecule has 1 heterocycles. The molecule has 0 saturated carbocycles. The second-order valence-electron chi connectivity index (χ2n) is 4.42. The van der Waals surface area contributed by atoms with E-state index < -0.39 is 0 Å². The van der Waals surface area contributed by atoms with Gasteiger partial charge in [-0.05, 0) is 32.0 Å². The van der Waals surface area contributed by atoms with Crippen molar-refractivity contribution in [1.29, 1.82) is 0 Å². The number of nitrogens with zero attached hydrogens (tertiary/aromatic N) is 2. The Morgan fingerprint density at radius 1 is 1.40 bits per heavy atom. The Bertz CT molecular complexity index is 557. The molecule has 0 fully saturated rings. The van der Waals surface area contributed by atoms with Gasteiger partial charge in [0.25, 0.3) is 5.89 Å². The molecule has 0 bridgehead atoms. The maximum absolute atomic E-state index is 6.22. The predicted octanol–water partition coefficient (Wildman–Crippen LogP) is 3.11. The van der Waals surface area contributed by atoms with Gasteiger partial charge >= 0.3 is 0 Å². The summed E-state index contributed by atoms with van der Waals surface area (Å²) in [7, 11) is 0. The molecule has 2 aromatic rings. The largest absolute Gasteiger partial charge is 0.483 e. The van der Waals surface area contributed by atoms with Gasteiger partial charge < -0.3 is 14.6 Å². The number of hydrogen-bond acceptors (Lipinski definition) is 5. The Morgan fingerprint density at radius 3 is 2.95 bits per heavy atom. The normalized spacial score (nSPS) is 10.8. The smallest absolute Gasteiger partial charge is 0.264 e. The summed E-state index contributed by atoms with van der Waals surface area (Å²) < 4.78 is 10.7. The summed E-state index contributed by atoms with van der Waals surface area (Å²) in [4.78, 5) is 4.10. The van der Waals surface area contributed by atoms with Crippen LogP contribution in [0.1, 0.15) is 30.6 Å². The highest BCUT2D eigenvalue weighted by atomic mass is 35.5. The summed E-state index contributed by atoms with van der Waals surface area (Å²) in [6, 6.07) is 5.60. The summed E-state index contributed by atoms with van der Waals surface area (Å²) in [6.07, 6.45) is 1.07. The summed E-state index contributed by atoms with van der Waals surface area (Å²) in [5.74, 6) is 1.78. The highest BCUT2D eigenvalue weighted by Gasteiger charge is 2.10. The molecule has 2 rings (SSSR count). The van der Waals surface area contributed by atoms with E-state index in [4.69, 9.17) is 20.9 Å². The van der Waals surface area contributed by atoms with Crippen LogP contribution in [0.3, 0.4) is 0 Å². The van der Waals surface area contributed by atoms with Gasteiger partial charge in [-0.15, -0.1) is 0 Å². The van der Waals surface area contributed by atoms with Crippen LogP contribution < -0.4 is 10.1 Å². The number of hydrogen-bond donors (Lipinski definition) is 1. The van der Waals surface area contributed by atoms with Gasteiger partial charge in [0.1, 0.15) is 5.75 Å². The fraction of sp³-hybridized carbons (Fsp3) is 0.429. The molecule has 0 aliphatic carbocycles. The second kappa shape index (κ2) is 7.26. The van der Waals surface area contributed by atoms with Crippen LogP contribution in [0.4, 0.5) is 0 Å². The topological polar surface area (TPSA) is 60.2 Å². The third kappa shape index (κ3) is 3.95. The van der Waals surface area contributed by atoms with E-state index in [1.165, 1.54) is 0 Å². The van der Waals surface area contributed by atoms with Gasteiger partial charge in [-0.3, -0.25) is 0 Å². The number of ether oxygens (including phenoxy) is 1. The molecule has 1 aromatic heterocycles. The van der Waals surface area contributed by atoms with Crippen LogP contribution >= 0.6 is 11.6 Å². The highest BCUT2D eigenvalue weighted by molar-refractivity contribution is 6.31. The fourth-order valence-electron chi connectivity index (χ4n) is 1.77. The minimum Gasteiger partial charge on any atom is -0.483 e. The molecule has 20 heavy (non-hydrogen) atoms. The summed E-state index contributed by atoms with van der Waals surface area (Å²) in [6.45, 7) is 5.74. The van der Waals surface area contributed by atoms with Crippen LogP contribution in [0.25, 0.3) is 0 Å². The first kappa shape index (κ1) is 14.8. The van der Waals surface area contributed by atoms with Crippen LogP contribution in [-0.4, -0.2) is 16.7 Å². The van der Waals surface area contributed by atoms with Crippen molar-refractivity contribution in [3.05, 3.63) is 40.5 Å². The molecule has 0 aliphatic heterocycles. The van der Waals surface area contributed by atoms with Gasteiger partial charge in [-0.1, -0.05) is 29.7 Å². The lowest BCUT2D eigenvalue weighted by atomic mass is 10.2. The standard InChI is InChI=1S/C14H18ClN3O2/c1-3-7-16-8-11-12(15)5-4-6-13(11)19-9-14-17-10(2)18-20-14/h4-6,16H,3,7-9H2,1-2H3. The molecular weight excluding hydrogens is 278 g/mol. The van der Waals surface area contributed by atoms with Crippen molar-refractivity contribution in [2.24, 2.45) is 0 Å².